The summed E-state index contributed by atoms with van der Waals surface area (Å²) in [5, 5.41) is 3.36. The van der Waals surface area contributed by atoms with Crippen molar-refractivity contribution in [2.75, 3.05) is 40.4 Å². The minimum absolute atomic E-state index is 0. The molecule has 1 aromatic rings. The number of hydrogen-bond donors (Lipinski definition) is 1. The lowest BCUT2D eigenvalue weighted by Gasteiger charge is -2.26. The topological polar surface area (TPSA) is 36.9 Å². The van der Waals surface area contributed by atoms with Gasteiger partial charge in [0.2, 0.25) is 0 Å². The van der Waals surface area contributed by atoms with Gasteiger partial charge in [0.05, 0.1) is 12.2 Å². The van der Waals surface area contributed by atoms with E-state index in [1.54, 1.807) is 13.1 Å². The van der Waals surface area contributed by atoms with E-state index in [9.17, 15) is 13.2 Å². The summed E-state index contributed by atoms with van der Waals surface area (Å²) in [5.41, 5.74) is -0.0553. The van der Waals surface area contributed by atoms with Gasteiger partial charge in [0.15, 0.2) is 5.96 Å². The highest BCUT2D eigenvalue weighted by atomic mass is 127. The summed E-state index contributed by atoms with van der Waals surface area (Å²) in [7, 11) is 3.71. The molecular weight excluding hydrogens is 470 g/mol. The van der Waals surface area contributed by atoms with Gasteiger partial charge in [-0.1, -0.05) is 18.2 Å². The molecule has 1 atom stereocenters. The lowest BCUT2D eigenvalue weighted by molar-refractivity contribution is -0.137. The maximum Gasteiger partial charge on any atom is 0.416 e. The molecule has 1 saturated carbocycles. The summed E-state index contributed by atoms with van der Waals surface area (Å²) < 4.78 is 44.4. The molecule has 3 rings (SSSR count). The summed E-state index contributed by atoms with van der Waals surface area (Å²) in [6.07, 6.45) is -1.48. The molecule has 0 amide bonds. The van der Waals surface area contributed by atoms with Gasteiger partial charge in [0, 0.05) is 45.1 Å². The van der Waals surface area contributed by atoms with Gasteiger partial charge in [-0.05, 0) is 30.9 Å². The van der Waals surface area contributed by atoms with Crippen LogP contribution in [-0.2, 0) is 16.3 Å². The van der Waals surface area contributed by atoms with Crippen molar-refractivity contribution in [3.05, 3.63) is 35.4 Å². The Bertz CT molecular complexity index is 656. The number of rotatable bonds is 5. The minimum Gasteiger partial charge on any atom is -0.381 e. The molecule has 0 aromatic heterocycles. The van der Waals surface area contributed by atoms with Crippen molar-refractivity contribution >= 4 is 29.9 Å². The Kier molecular flexibility index (Phi) is 7.40. The number of guanidine groups is 1. The number of nitrogens with zero attached hydrogens (tertiary/aromatic N) is 2. The third-order valence-electron chi connectivity index (χ3n) is 5.37. The number of aliphatic imine (C=N–C) groups is 1. The number of benzene rings is 1. The Morgan fingerprint density at radius 1 is 1.37 bits per heavy atom. The summed E-state index contributed by atoms with van der Waals surface area (Å²) in [6.45, 7) is 3.03. The molecule has 1 aliphatic carbocycles. The van der Waals surface area contributed by atoms with E-state index in [2.05, 4.69) is 15.2 Å². The van der Waals surface area contributed by atoms with E-state index in [1.807, 2.05) is 7.05 Å². The number of nitrogens with one attached hydrogen (secondary N) is 1. The molecule has 152 valence electrons. The van der Waals surface area contributed by atoms with Crippen molar-refractivity contribution in [3.8, 4) is 0 Å². The fraction of sp³-hybridized carbons (Fsp3) is 0.632. The molecule has 27 heavy (non-hydrogen) atoms. The molecule has 1 saturated heterocycles. The van der Waals surface area contributed by atoms with Crippen molar-refractivity contribution in [2.45, 2.75) is 30.9 Å². The zero-order valence-electron chi connectivity index (χ0n) is 15.7. The highest BCUT2D eigenvalue weighted by Gasteiger charge is 2.45. The van der Waals surface area contributed by atoms with Gasteiger partial charge in [0.25, 0.3) is 0 Å². The van der Waals surface area contributed by atoms with Gasteiger partial charge in [-0.3, -0.25) is 4.99 Å². The normalized spacial score (nSPS) is 21.5. The SMILES string of the molecule is CN=C(NCC1(c2cccc(C(F)(F)F)c2)CC1)N(C)CC1CCOC1.I. The summed E-state index contributed by atoms with van der Waals surface area (Å²) >= 11 is 0. The van der Waals surface area contributed by atoms with Crippen LogP contribution in [0, 0.1) is 5.92 Å². The molecule has 1 unspecified atom stereocenters. The standard InChI is InChI=1S/C19H26F3N3O.HI/c1-23-17(25(2)11-14-6-9-26-12-14)24-13-18(7-8-18)15-4-3-5-16(10-15)19(20,21)22;/h3-5,10,14H,6-9,11-13H2,1-2H3,(H,23,24);1H. The van der Waals surface area contributed by atoms with E-state index in [-0.39, 0.29) is 29.4 Å². The Morgan fingerprint density at radius 2 is 2.11 bits per heavy atom. The molecule has 2 fully saturated rings. The average molecular weight is 497 g/mol. The van der Waals surface area contributed by atoms with E-state index in [0.717, 1.165) is 56.6 Å². The first kappa shape index (κ1) is 22.3. The van der Waals surface area contributed by atoms with Crippen LogP contribution in [0.5, 0.6) is 0 Å². The van der Waals surface area contributed by atoms with Crippen LogP contribution in [0.15, 0.2) is 29.3 Å². The summed E-state index contributed by atoms with van der Waals surface area (Å²) in [4.78, 5) is 6.39. The van der Waals surface area contributed by atoms with E-state index in [4.69, 9.17) is 4.74 Å². The third-order valence-corrected chi connectivity index (χ3v) is 5.37. The second-order valence-electron chi connectivity index (χ2n) is 7.37. The maximum atomic E-state index is 13.0. The summed E-state index contributed by atoms with van der Waals surface area (Å²) in [6, 6.07) is 5.71. The van der Waals surface area contributed by atoms with Crippen LogP contribution in [0.25, 0.3) is 0 Å². The molecule has 1 aromatic carbocycles. The minimum atomic E-state index is -4.31. The second kappa shape index (κ2) is 8.98. The predicted molar refractivity (Wildman–Crippen MR) is 111 cm³/mol. The maximum absolute atomic E-state index is 13.0. The van der Waals surface area contributed by atoms with Gasteiger partial charge < -0.3 is 15.0 Å². The van der Waals surface area contributed by atoms with Crippen LogP contribution in [0.4, 0.5) is 13.2 Å². The van der Waals surface area contributed by atoms with Crippen LogP contribution in [-0.4, -0.2) is 51.3 Å². The first-order chi connectivity index (χ1) is 12.3. The highest BCUT2D eigenvalue weighted by molar-refractivity contribution is 14.0. The quantitative estimate of drug-likeness (QED) is 0.381. The monoisotopic (exact) mass is 497 g/mol. The van der Waals surface area contributed by atoms with Gasteiger partial charge >= 0.3 is 6.18 Å². The number of hydrogen-bond acceptors (Lipinski definition) is 2. The average Bonchev–Trinajstić information content (AvgIpc) is 3.23. The van der Waals surface area contributed by atoms with Gasteiger partial charge in [-0.25, -0.2) is 0 Å². The molecule has 8 heteroatoms. The Hall–Kier alpha value is -1.03. The van der Waals surface area contributed by atoms with Crippen molar-refractivity contribution < 1.29 is 17.9 Å². The summed E-state index contributed by atoms with van der Waals surface area (Å²) in [5.74, 6) is 1.27. The van der Waals surface area contributed by atoms with E-state index >= 15 is 0 Å². The number of alkyl halides is 3. The van der Waals surface area contributed by atoms with Crippen molar-refractivity contribution in [1.82, 2.24) is 10.2 Å². The molecule has 4 nitrogen and oxygen atoms in total. The van der Waals surface area contributed by atoms with Gasteiger partial charge in [-0.15, -0.1) is 24.0 Å². The van der Waals surface area contributed by atoms with Crippen LogP contribution < -0.4 is 5.32 Å². The van der Waals surface area contributed by atoms with Crippen molar-refractivity contribution in [2.24, 2.45) is 10.9 Å². The van der Waals surface area contributed by atoms with Crippen LogP contribution in [0.3, 0.4) is 0 Å². The lowest BCUT2D eigenvalue weighted by Crippen LogP contribution is -2.44. The highest BCUT2D eigenvalue weighted by Crippen LogP contribution is 2.48. The Balaban J connectivity index is 0.00000261. The molecule has 1 heterocycles. The van der Waals surface area contributed by atoms with Crippen LogP contribution in [0.1, 0.15) is 30.4 Å². The lowest BCUT2D eigenvalue weighted by atomic mass is 9.94. The molecule has 1 N–H and O–H groups in total. The van der Waals surface area contributed by atoms with Crippen LogP contribution >= 0.6 is 24.0 Å². The molecular formula is C19H27F3IN3O. The first-order valence-corrected chi connectivity index (χ1v) is 9.01. The van der Waals surface area contributed by atoms with Gasteiger partial charge in [0.1, 0.15) is 0 Å². The Morgan fingerprint density at radius 3 is 2.67 bits per heavy atom. The zero-order chi connectivity index (χ0) is 18.8. The van der Waals surface area contributed by atoms with E-state index < -0.39 is 11.7 Å². The molecule has 0 spiro atoms. The third kappa shape index (κ3) is 5.49. The fourth-order valence-corrected chi connectivity index (χ4v) is 3.58. The molecule has 2 aliphatic rings. The van der Waals surface area contributed by atoms with Crippen molar-refractivity contribution in [1.29, 1.82) is 0 Å². The molecule has 0 bridgehead atoms. The van der Waals surface area contributed by atoms with E-state index in [0.29, 0.717) is 12.5 Å². The van der Waals surface area contributed by atoms with Crippen molar-refractivity contribution in [3.63, 3.8) is 0 Å². The largest absolute Gasteiger partial charge is 0.416 e. The second-order valence-corrected chi connectivity index (χ2v) is 7.37. The Labute approximate surface area is 175 Å². The number of ether oxygens (including phenoxy) is 1. The molecule has 0 radical (unpaired) electrons. The molecule has 1 aliphatic heterocycles. The van der Waals surface area contributed by atoms with Crippen LogP contribution in [0.2, 0.25) is 0 Å². The number of halogens is 4. The first-order valence-electron chi connectivity index (χ1n) is 9.01. The zero-order valence-corrected chi connectivity index (χ0v) is 18.0. The van der Waals surface area contributed by atoms with E-state index in [1.165, 1.54) is 12.1 Å². The predicted octanol–water partition coefficient (Wildman–Crippen LogP) is 3.90. The van der Waals surface area contributed by atoms with Gasteiger partial charge in [-0.2, -0.15) is 13.2 Å². The fourth-order valence-electron chi connectivity index (χ4n) is 3.58. The smallest absolute Gasteiger partial charge is 0.381 e.